The van der Waals surface area contributed by atoms with Gasteiger partial charge in [0.25, 0.3) is 0 Å². The zero-order valence-corrected chi connectivity index (χ0v) is 13.2. The van der Waals surface area contributed by atoms with Gasteiger partial charge in [-0.15, -0.1) is 11.3 Å². The SMILES string of the molecule is O=C(O[C@@H]1CCS(=O)(=O)c2sccc21)c1ccc(Cl)cc1. The molecular weight excluding hydrogens is 332 g/mol. The fraction of sp³-hybridized carbons (Fsp3) is 0.214. The molecule has 0 saturated heterocycles. The summed E-state index contributed by atoms with van der Waals surface area (Å²) in [6.45, 7) is 0. The topological polar surface area (TPSA) is 60.4 Å². The van der Waals surface area contributed by atoms with E-state index in [2.05, 4.69) is 0 Å². The molecular formula is C14H11ClO4S2. The van der Waals surface area contributed by atoms with E-state index in [1.54, 1.807) is 35.7 Å². The predicted octanol–water partition coefficient (Wildman–Crippen LogP) is 3.48. The first-order chi connectivity index (χ1) is 9.97. The molecule has 0 spiro atoms. The van der Waals surface area contributed by atoms with Gasteiger partial charge in [0.2, 0.25) is 0 Å². The lowest BCUT2D eigenvalue weighted by Gasteiger charge is -2.22. The summed E-state index contributed by atoms with van der Waals surface area (Å²) in [5, 5.41) is 2.24. The monoisotopic (exact) mass is 342 g/mol. The first-order valence-electron chi connectivity index (χ1n) is 6.24. The average Bonchev–Trinajstić information content (AvgIpc) is 2.94. The van der Waals surface area contributed by atoms with Crippen LogP contribution in [0.25, 0.3) is 0 Å². The summed E-state index contributed by atoms with van der Waals surface area (Å²) in [4.78, 5) is 12.1. The molecule has 0 saturated carbocycles. The molecule has 1 aromatic carbocycles. The number of ether oxygens (including phenoxy) is 1. The second kappa shape index (κ2) is 5.44. The summed E-state index contributed by atoms with van der Waals surface area (Å²) in [5.41, 5.74) is 0.971. The maximum atomic E-state index is 12.1. The zero-order valence-electron chi connectivity index (χ0n) is 10.8. The molecule has 4 nitrogen and oxygen atoms in total. The number of sulfone groups is 1. The summed E-state index contributed by atoms with van der Waals surface area (Å²) in [6, 6.07) is 8.09. The van der Waals surface area contributed by atoms with Crippen LogP contribution < -0.4 is 0 Å². The van der Waals surface area contributed by atoms with E-state index in [1.807, 2.05) is 0 Å². The maximum Gasteiger partial charge on any atom is 0.338 e. The molecule has 3 rings (SSSR count). The Labute approximate surface area is 131 Å². The number of carbonyl (C=O) groups excluding carboxylic acids is 1. The first-order valence-corrected chi connectivity index (χ1v) is 9.15. The van der Waals surface area contributed by atoms with Gasteiger partial charge < -0.3 is 4.74 Å². The van der Waals surface area contributed by atoms with Gasteiger partial charge in [0.1, 0.15) is 10.3 Å². The van der Waals surface area contributed by atoms with Gasteiger partial charge in [-0.25, -0.2) is 13.2 Å². The molecule has 1 atom stereocenters. The lowest BCUT2D eigenvalue weighted by atomic mass is 10.1. The average molecular weight is 343 g/mol. The standard InChI is InChI=1S/C14H11ClO4S2/c15-10-3-1-9(2-4-10)13(16)19-12-6-8-21(17,18)14-11(12)5-7-20-14/h1-5,7,12H,6,8H2/t12-/m1/s1. The van der Waals surface area contributed by atoms with Crippen LogP contribution in [0.5, 0.6) is 0 Å². The van der Waals surface area contributed by atoms with Crippen molar-refractivity contribution in [1.82, 2.24) is 0 Å². The van der Waals surface area contributed by atoms with E-state index in [0.717, 1.165) is 11.3 Å². The Bertz CT molecular complexity index is 778. The van der Waals surface area contributed by atoms with Crippen LogP contribution in [0.2, 0.25) is 5.02 Å². The number of hydrogen-bond acceptors (Lipinski definition) is 5. The van der Waals surface area contributed by atoms with E-state index in [4.69, 9.17) is 16.3 Å². The second-order valence-electron chi connectivity index (χ2n) is 4.67. The largest absolute Gasteiger partial charge is 0.454 e. The fourth-order valence-corrected chi connectivity index (χ4v) is 5.28. The van der Waals surface area contributed by atoms with Gasteiger partial charge in [0, 0.05) is 17.0 Å². The minimum Gasteiger partial charge on any atom is -0.454 e. The third-order valence-electron chi connectivity index (χ3n) is 3.27. The van der Waals surface area contributed by atoms with Crippen LogP contribution in [0.15, 0.2) is 39.9 Å². The highest BCUT2D eigenvalue weighted by atomic mass is 35.5. The van der Waals surface area contributed by atoms with Gasteiger partial charge in [0.05, 0.1) is 11.3 Å². The van der Waals surface area contributed by atoms with E-state index < -0.39 is 21.9 Å². The Hall–Kier alpha value is -1.37. The summed E-state index contributed by atoms with van der Waals surface area (Å²) >= 11 is 6.94. The van der Waals surface area contributed by atoms with Crippen molar-refractivity contribution in [3.05, 3.63) is 51.9 Å². The van der Waals surface area contributed by atoms with Crippen LogP contribution in [0.1, 0.15) is 28.4 Å². The minimum absolute atomic E-state index is 0.000915. The Kier molecular flexibility index (Phi) is 3.77. The number of carbonyl (C=O) groups is 1. The molecule has 1 aliphatic heterocycles. The van der Waals surface area contributed by atoms with Gasteiger partial charge in [-0.2, -0.15) is 0 Å². The van der Waals surface area contributed by atoms with Crippen molar-refractivity contribution in [1.29, 1.82) is 0 Å². The van der Waals surface area contributed by atoms with E-state index in [-0.39, 0.29) is 12.2 Å². The minimum atomic E-state index is -3.23. The molecule has 0 bridgehead atoms. The summed E-state index contributed by atoms with van der Waals surface area (Å²) in [5.74, 6) is -0.480. The van der Waals surface area contributed by atoms with Crippen LogP contribution in [-0.2, 0) is 14.6 Å². The predicted molar refractivity (Wildman–Crippen MR) is 80.6 cm³/mol. The van der Waals surface area contributed by atoms with Crippen molar-refractivity contribution in [2.75, 3.05) is 5.75 Å². The Morgan fingerprint density at radius 3 is 2.67 bits per heavy atom. The van der Waals surface area contributed by atoms with Crippen molar-refractivity contribution < 1.29 is 17.9 Å². The van der Waals surface area contributed by atoms with E-state index in [0.29, 0.717) is 20.4 Å². The highest BCUT2D eigenvalue weighted by Crippen LogP contribution is 2.38. The van der Waals surface area contributed by atoms with E-state index >= 15 is 0 Å². The van der Waals surface area contributed by atoms with Gasteiger partial charge >= 0.3 is 5.97 Å². The van der Waals surface area contributed by atoms with Crippen molar-refractivity contribution >= 4 is 38.7 Å². The van der Waals surface area contributed by atoms with Gasteiger partial charge in [-0.05, 0) is 35.7 Å². The maximum absolute atomic E-state index is 12.1. The number of rotatable bonds is 2. The second-order valence-corrected chi connectivity index (χ2v) is 8.33. The Morgan fingerprint density at radius 1 is 1.24 bits per heavy atom. The lowest BCUT2D eigenvalue weighted by molar-refractivity contribution is 0.0280. The van der Waals surface area contributed by atoms with Crippen LogP contribution >= 0.6 is 22.9 Å². The molecule has 7 heteroatoms. The smallest absolute Gasteiger partial charge is 0.338 e. The van der Waals surface area contributed by atoms with Crippen LogP contribution in [0.3, 0.4) is 0 Å². The van der Waals surface area contributed by atoms with E-state index in [1.165, 1.54) is 0 Å². The van der Waals surface area contributed by atoms with Crippen LogP contribution in [-0.4, -0.2) is 20.1 Å². The summed E-state index contributed by atoms with van der Waals surface area (Å²) in [6.07, 6.45) is -0.233. The summed E-state index contributed by atoms with van der Waals surface area (Å²) < 4.78 is 29.6. The zero-order chi connectivity index (χ0) is 15.0. The Balaban J connectivity index is 1.84. The number of esters is 1. The molecule has 0 N–H and O–H groups in total. The normalized spacial score (nSPS) is 19.8. The molecule has 0 amide bonds. The number of fused-ring (bicyclic) bond motifs is 1. The molecule has 0 radical (unpaired) electrons. The van der Waals surface area contributed by atoms with Gasteiger partial charge in [-0.3, -0.25) is 0 Å². The van der Waals surface area contributed by atoms with Gasteiger partial charge in [-0.1, -0.05) is 11.6 Å². The molecule has 1 aromatic heterocycles. The van der Waals surface area contributed by atoms with Crippen molar-refractivity contribution in [2.24, 2.45) is 0 Å². The number of thiophene rings is 1. The van der Waals surface area contributed by atoms with Crippen molar-refractivity contribution in [3.63, 3.8) is 0 Å². The lowest BCUT2D eigenvalue weighted by Crippen LogP contribution is -2.22. The highest BCUT2D eigenvalue weighted by molar-refractivity contribution is 7.93. The van der Waals surface area contributed by atoms with Crippen LogP contribution in [0, 0.1) is 0 Å². The molecule has 2 aromatic rings. The quantitative estimate of drug-likeness (QED) is 0.784. The highest BCUT2D eigenvalue weighted by Gasteiger charge is 2.33. The molecule has 0 fully saturated rings. The van der Waals surface area contributed by atoms with Crippen molar-refractivity contribution in [2.45, 2.75) is 16.7 Å². The first kappa shape index (κ1) is 14.6. The molecule has 1 aliphatic rings. The number of halogens is 1. The molecule has 2 heterocycles. The van der Waals surface area contributed by atoms with E-state index in [9.17, 15) is 13.2 Å². The van der Waals surface area contributed by atoms with Crippen molar-refractivity contribution in [3.8, 4) is 0 Å². The number of benzene rings is 1. The summed E-state index contributed by atoms with van der Waals surface area (Å²) in [7, 11) is -3.23. The number of hydrogen-bond donors (Lipinski definition) is 0. The Morgan fingerprint density at radius 2 is 1.95 bits per heavy atom. The molecule has 0 aliphatic carbocycles. The molecule has 21 heavy (non-hydrogen) atoms. The molecule has 0 unspecified atom stereocenters. The fourth-order valence-electron chi connectivity index (χ4n) is 2.21. The third kappa shape index (κ3) is 2.84. The molecule has 110 valence electrons. The van der Waals surface area contributed by atoms with Gasteiger partial charge in [0.15, 0.2) is 9.84 Å². The third-order valence-corrected chi connectivity index (χ3v) is 6.86. The van der Waals surface area contributed by atoms with Crippen LogP contribution in [0.4, 0.5) is 0 Å².